The summed E-state index contributed by atoms with van der Waals surface area (Å²) in [7, 11) is 4.18. The highest BCUT2D eigenvalue weighted by Gasteiger charge is 2.36. The monoisotopic (exact) mass is 305 g/mol. The number of nitrogens with two attached hydrogens (primary N) is 1. The Morgan fingerprint density at radius 1 is 1.56 bits per heavy atom. The fourth-order valence-electron chi connectivity index (χ4n) is 1.88. The molecule has 0 aliphatic carbocycles. The van der Waals surface area contributed by atoms with Crippen molar-refractivity contribution in [2.45, 2.75) is 31.8 Å². The van der Waals surface area contributed by atoms with Crippen molar-refractivity contribution in [1.29, 1.82) is 0 Å². The van der Waals surface area contributed by atoms with Crippen molar-refractivity contribution in [1.82, 2.24) is 10.3 Å². The second kappa shape index (κ2) is 5.60. The molecule has 0 saturated carbocycles. The van der Waals surface area contributed by atoms with E-state index in [1.165, 1.54) is 5.56 Å². The van der Waals surface area contributed by atoms with Crippen molar-refractivity contribution in [3.8, 4) is 0 Å². The molecular weight excluding hydrogens is 286 g/mol. The van der Waals surface area contributed by atoms with Crippen LogP contribution >= 0.6 is 27.3 Å². The average Bonchev–Trinajstić information content (AvgIpc) is 2.65. The smallest absolute Gasteiger partial charge is 0.0660 e. The Bertz CT molecular complexity index is 340. The van der Waals surface area contributed by atoms with Gasteiger partial charge in [-0.05, 0) is 54.3 Å². The zero-order valence-electron chi connectivity index (χ0n) is 10.2. The first-order chi connectivity index (χ1) is 7.47. The Balaban J connectivity index is 3.11. The van der Waals surface area contributed by atoms with Crippen LogP contribution in [0, 0.1) is 0 Å². The molecule has 0 radical (unpaired) electrons. The van der Waals surface area contributed by atoms with E-state index < -0.39 is 0 Å². The van der Waals surface area contributed by atoms with Gasteiger partial charge in [-0.25, -0.2) is 0 Å². The van der Waals surface area contributed by atoms with Gasteiger partial charge in [0.1, 0.15) is 0 Å². The standard InChI is InChI=1S/C11H20BrN3S/c1-5-11(2,15(3)4)10(14-13)8-6-16-7-9(8)12/h6-7,10,14H,5,13H2,1-4H3. The van der Waals surface area contributed by atoms with Crippen LogP contribution in [0.3, 0.4) is 0 Å². The minimum absolute atomic E-state index is 0.00164. The fourth-order valence-corrected chi connectivity index (χ4v) is 3.43. The average molecular weight is 306 g/mol. The van der Waals surface area contributed by atoms with Crippen molar-refractivity contribution in [2.24, 2.45) is 5.84 Å². The summed E-state index contributed by atoms with van der Waals surface area (Å²) in [6.07, 6.45) is 1.02. The van der Waals surface area contributed by atoms with Gasteiger partial charge in [0, 0.05) is 15.4 Å². The molecule has 2 unspecified atom stereocenters. The van der Waals surface area contributed by atoms with Crippen LogP contribution in [0.1, 0.15) is 31.9 Å². The third kappa shape index (κ3) is 2.49. The van der Waals surface area contributed by atoms with Crippen molar-refractivity contribution in [2.75, 3.05) is 14.1 Å². The first kappa shape index (κ1) is 14.1. The van der Waals surface area contributed by atoms with Gasteiger partial charge in [0.2, 0.25) is 0 Å². The van der Waals surface area contributed by atoms with Gasteiger partial charge < -0.3 is 4.90 Å². The van der Waals surface area contributed by atoms with Gasteiger partial charge in [0.05, 0.1) is 6.04 Å². The highest BCUT2D eigenvalue weighted by atomic mass is 79.9. The van der Waals surface area contributed by atoms with Gasteiger partial charge in [-0.15, -0.1) is 0 Å². The third-order valence-corrected chi connectivity index (χ3v) is 5.23. The number of hydrogen-bond acceptors (Lipinski definition) is 4. The summed E-state index contributed by atoms with van der Waals surface area (Å²) in [6, 6.07) is 0.119. The van der Waals surface area contributed by atoms with E-state index in [1.54, 1.807) is 11.3 Å². The molecule has 92 valence electrons. The molecule has 2 atom stereocenters. The molecule has 0 aliphatic rings. The number of halogens is 1. The molecule has 0 aromatic carbocycles. The minimum atomic E-state index is -0.00164. The molecule has 3 nitrogen and oxygen atoms in total. The Hall–Kier alpha value is 0.0600. The molecule has 0 amide bonds. The maximum Gasteiger partial charge on any atom is 0.0660 e. The van der Waals surface area contributed by atoms with Crippen LogP contribution in [0.5, 0.6) is 0 Å². The number of nitrogens with one attached hydrogen (secondary N) is 1. The van der Waals surface area contributed by atoms with Crippen LogP contribution in [0.4, 0.5) is 0 Å². The van der Waals surface area contributed by atoms with E-state index in [2.05, 4.69) is 65.0 Å². The van der Waals surface area contributed by atoms with Crippen LogP contribution in [-0.2, 0) is 0 Å². The lowest BCUT2D eigenvalue weighted by molar-refractivity contribution is 0.113. The summed E-state index contributed by atoms with van der Waals surface area (Å²) >= 11 is 5.26. The van der Waals surface area contributed by atoms with Crippen LogP contribution in [-0.4, -0.2) is 24.5 Å². The summed E-state index contributed by atoms with van der Waals surface area (Å²) in [6.45, 7) is 4.41. The fraction of sp³-hybridized carbons (Fsp3) is 0.636. The maximum absolute atomic E-state index is 5.74. The van der Waals surface area contributed by atoms with Crippen molar-refractivity contribution in [3.63, 3.8) is 0 Å². The second-order valence-corrected chi connectivity index (χ2v) is 5.98. The van der Waals surface area contributed by atoms with Crippen LogP contribution in [0.25, 0.3) is 0 Å². The number of hydrazine groups is 1. The Morgan fingerprint density at radius 2 is 2.19 bits per heavy atom. The molecule has 0 spiro atoms. The van der Waals surface area contributed by atoms with Crippen molar-refractivity contribution in [3.05, 3.63) is 20.8 Å². The molecule has 0 bridgehead atoms. The Labute approximate surface area is 110 Å². The molecule has 1 rings (SSSR count). The minimum Gasteiger partial charge on any atom is -0.302 e. The highest BCUT2D eigenvalue weighted by Crippen LogP contribution is 2.37. The Kier molecular flexibility index (Phi) is 4.94. The number of hydrogen-bond donors (Lipinski definition) is 2. The van der Waals surface area contributed by atoms with E-state index in [0.717, 1.165) is 10.9 Å². The normalized spacial score (nSPS) is 17.4. The summed E-state index contributed by atoms with van der Waals surface area (Å²) < 4.78 is 1.13. The summed E-state index contributed by atoms with van der Waals surface area (Å²) in [5, 5.41) is 4.23. The maximum atomic E-state index is 5.74. The molecule has 1 aromatic heterocycles. The van der Waals surface area contributed by atoms with E-state index >= 15 is 0 Å². The van der Waals surface area contributed by atoms with Crippen molar-refractivity contribution < 1.29 is 0 Å². The number of nitrogens with zero attached hydrogens (tertiary/aromatic N) is 1. The quantitative estimate of drug-likeness (QED) is 0.649. The first-order valence-corrected chi connectivity index (χ1v) is 7.06. The molecule has 0 fully saturated rings. The van der Waals surface area contributed by atoms with Crippen LogP contribution in [0.2, 0.25) is 0 Å². The highest BCUT2D eigenvalue weighted by molar-refractivity contribution is 9.10. The van der Waals surface area contributed by atoms with E-state index in [0.29, 0.717) is 0 Å². The zero-order chi connectivity index (χ0) is 12.3. The SMILES string of the molecule is CCC(C)(C(NN)c1cscc1Br)N(C)C. The predicted octanol–water partition coefficient (Wildman–Crippen LogP) is 2.75. The van der Waals surface area contributed by atoms with E-state index in [9.17, 15) is 0 Å². The molecule has 5 heteroatoms. The molecule has 16 heavy (non-hydrogen) atoms. The van der Waals surface area contributed by atoms with Gasteiger partial charge in [0.15, 0.2) is 0 Å². The summed E-state index contributed by atoms with van der Waals surface area (Å²) in [5.74, 6) is 5.74. The third-order valence-electron chi connectivity index (χ3n) is 3.48. The molecule has 0 saturated heterocycles. The summed E-state index contributed by atoms with van der Waals surface area (Å²) in [4.78, 5) is 2.22. The van der Waals surface area contributed by atoms with Crippen LogP contribution < -0.4 is 11.3 Å². The zero-order valence-corrected chi connectivity index (χ0v) is 12.7. The predicted molar refractivity (Wildman–Crippen MR) is 74.5 cm³/mol. The molecule has 0 aliphatic heterocycles. The lowest BCUT2D eigenvalue weighted by Crippen LogP contribution is -2.52. The molecule has 1 heterocycles. The van der Waals surface area contributed by atoms with Gasteiger partial charge in [0.25, 0.3) is 0 Å². The molecular formula is C11H20BrN3S. The molecule has 3 N–H and O–H groups in total. The van der Waals surface area contributed by atoms with E-state index in [1.807, 2.05) is 0 Å². The van der Waals surface area contributed by atoms with Gasteiger partial charge in [-0.1, -0.05) is 6.92 Å². The number of rotatable bonds is 5. The van der Waals surface area contributed by atoms with E-state index in [-0.39, 0.29) is 11.6 Å². The Morgan fingerprint density at radius 3 is 2.50 bits per heavy atom. The summed E-state index contributed by atoms with van der Waals surface area (Å²) in [5.41, 5.74) is 4.18. The number of thiophene rings is 1. The largest absolute Gasteiger partial charge is 0.302 e. The lowest BCUT2D eigenvalue weighted by Gasteiger charge is -2.42. The van der Waals surface area contributed by atoms with Crippen LogP contribution in [0.15, 0.2) is 15.2 Å². The molecule has 1 aromatic rings. The topological polar surface area (TPSA) is 41.3 Å². The van der Waals surface area contributed by atoms with Gasteiger partial charge in [-0.3, -0.25) is 11.3 Å². The van der Waals surface area contributed by atoms with Gasteiger partial charge >= 0.3 is 0 Å². The number of likely N-dealkylation sites (N-methyl/N-ethyl adjacent to an activating group) is 1. The van der Waals surface area contributed by atoms with Crippen molar-refractivity contribution >= 4 is 27.3 Å². The lowest BCUT2D eigenvalue weighted by atomic mass is 9.85. The van der Waals surface area contributed by atoms with E-state index in [4.69, 9.17) is 5.84 Å². The first-order valence-electron chi connectivity index (χ1n) is 5.32. The van der Waals surface area contributed by atoms with Gasteiger partial charge in [-0.2, -0.15) is 11.3 Å². The second-order valence-electron chi connectivity index (χ2n) is 4.38.